The highest BCUT2D eigenvalue weighted by molar-refractivity contribution is 5.95. The van der Waals surface area contributed by atoms with Gasteiger partial charge in [0, 0.05) is 0 Å². The van der Waals surface area contributed by atoms with Crippen molar-refractivity contribution in [3.05, 3.63) is 41.2 Å². The van der Waals surface area contributed by atoms with Crippen LogP contribution < -0.4 is 5.32 Å². The summed E-state index contributed by atoms with van der Waals surface area (Å²) in [6, 6.07) is 6.75. The average molecular weight is 330 g/mol. The van der Waals surface area contributed by atoms with Crippen LogP contribution in [0, 0.1) is 13.8 Å². The van der Waals surface area contributed by atoms with E-state index < -0.39 is 17.9 Å². The van der Waals surface area contributed by atoms with Gasteiger partial charge in [0.15, 0.2) is 5.69 Å². The van der Waals surface area contributed by atoms with Crippen LogP contribution in [0.4, 0.5) is 0 Å². The van der Waals surface area contributed by atoms with E-state index in [1.165, 1.54) is 0 Å². The third-order valence-electron chi connectivity index (χ3n) is 3.84. The first-order valence-electron chi connectivity index (χ1n) is 7.97. The number of aliphatic carboxylic acids is 1. The summed E-state index contributed by atoms with van der Waals surface area (Å²) in [5, 5.41) is 19.7. The van der Waals surface area contributed by atoms with Crippen LogP contribution in [-0.2, 0) is 4.79 Å². The number of hydrogen-bond acceptors (Lipinski definition) is 4. The largest absolute Gasteiger partial charge is 0.480 e. The zero-order valence-corrected chi connectivity index (χ0v) is 14.1. The summed E-state index contributed by atoms with van der Waals surface area (Å²) < 4.78 is 1.57. The standard InChI is InChI=1S/C17H22N4O3/c1-4-5-6-14(17(23)24)18-16(22)15-12(3)21(20-19-15)13-9-7-11(2)8-10-13/h7-10,14H,4-6H2,1-3H3,(H,18,22)(H,23,24)/t14-/m0/s1. The fourth-order valence-corrected chi connectivity index (χ4v) is 2.36. The van der Waals surface area contributed by atoms with E-state index in [0.717, 1.165) is 24.1 Å². The molecule has 0 saturated carbocycles. The van der Waals surface area contributed by atoms with Crippen molar-refractivity contribution in [2.75, 3.05) is 0 Å². The van der Waals surface area contributed by atoms with Gasteiger partial charge in [-0.1, -0.05) is 42.7 Å². The van der Waals surface area contributed by atoms with Gasteiger partial charge in [-0.05, 0) is 32.4 Å². The van der Waals surface area contributed by atoms with Crippen LogP contribution in [0.1, 0.15) is 47.9 Å². The van der Waals surface area contributed by atoms with E-state index in [9.17, 15) is 14.7 Å². The number of unbranched alkanes of at least 4 members (excludes halogenated alkanes) is 1. The fraction of sp³-hybridized carbons (Fsp3) is 0.412. The highest BCUT2D eigenvalue weighted by Gasteiger charge is 2.24. The summed E-state index contributed by atoms with van der Waals surface area (Å²) in [7, 11) is 0. The number of nitrogens with zero attached hydrogens (tertiary/aromatic N) is 3. The minimum Gasteiger partial charge on any atom is -0.480 e. The first-order valence-corrected chi connectivity index (χ1v) is 7.97. The third-order valence-corrected chi connectivity index (χ3v) is 3.84. The maximum atomic E-state index is 12.4. The predicted molar refractivity (Wildman–Crippen MR) is 89.2 cm³/mol. The van der Waals surface area contributed by atoms with Crippen LogP contribution >= 0.6 is 0 Å². The second-order valence-electron chi connectivity index (χ2n) is 5.78. The van der Waals surface area contributed by atoms with E-state index in [2.05, 4.69) is 15.6 Å². The van der Waals surface area contributed by atoms with Gasteiger partial charge in [-0.25, -0.2) is 9.48 Å². The molecule has 0 aliphatic carbocycles. The maximum absolute atomic E-state index is 12.4. The molecule has 0 saturated heterocycles. The summed E-state index contributed by atoms with van der Waals surface area (Å²) in [4.78, 5) is 23.6. The molecule has 0 aliphatic rings. The van der Waals surface area contributed by atoms with E-state index >= 15 is 0 Å². The molecule has 2 aromatic rings. The lowest BCUT2D eigenvalue weighted by Gasteiger charge is -2.13. The molecule has 0 unspecified atom stereocenters. The highest BCUT2D eigenvalue weighted by Crippen LogP contribution is 2.13. The Bertz CT molecular complexity index is 722. The summed E-state index contributed by atoms with van der Waals surface area (Å²) in [6.07, 6.45) is 1.98. The number of carbonyl (C=O) groups excluding carboxylic acids is 1. The molecule has 7 nitrogen and oxygen atoms in total. The summed E-state index contributed by atoms with van der Waals surface area (Å²) in [5.74, 6) is -1.56. The highest BCUT2D eigenvalue weighted by atomic mass is 16.4. The number of carbonyl (C=O) groups is 2. The monoisotopic (exact) mass is 330 g/mol. The predicted octanol–water partition coefficient (Wildman–Crippen LogP) is 2.26. The molecule has 2 N–H and O–H groups in total. The SMILES string of the molecule is CCCC[C@H](NC(=O)c1nnn(-c2ccc(C)cc2)c1C)C(=O)O. The van der Waals surface area contributed by atoms with Gasteiger partial charge >= 0.3 is 5.97 Å². The molecule has 0 bridgehead atoms. The van der Waals surface area contributed by atoms with E-state index in [0.29, 0.717) is 12.1 Å². The molecule has 7 heteroatoms. The Hall–Kier alpha value is -2.70. The number of hydrogen-bond donors (Lipinski definition) is 2. The first kappa shape index (κ1) is 17.7. The summed E-state index contributed by atoms with van der Waals surface area (Å²) in [5.41, 5.74) is 2.62. The summed E-state index contributed by atoms with van der Waals surface area (Å²) in [6.45, 7) is 5.69. The number of nitrogens with one attached hydrogen (secondary N) is 1. The molecule has 2 rings (SSSR count). The van der Waals surface area contributed by atoms with Crippen LogP contribution in [0.3, 0.4) is 0 Å². The molecule has 1 aromatic carbocycles. The van der Waals surface area contributed by atoms with Crippen molar-refractivity contribution < 1.29 is 14.7 Å². The molecule has 1 heterocycles. The van der Waals surface area contributed by atoms with E-state index in [-0.39, 0.29) is 5.69 Å². The minimum absolute atomic E-state index is 0.137. The van der Waals surface area contributed by atoms with Gasteiger partial charge in [-0.15, -0.1) is 5.10 Å². The van der Waals surface area contributed by atoms with Crippen molar-refractivity contribution in [3.8, 4) is 5.69 Å². The number of rotatable bonds is 7. The van der Waals surface area contributed by atoms with Gasteiger partial charge in [-0.3, -0.25) is 4.79 Å². The number of carboxylic acid groups (broad SMARTS) is 1. The van der Waals surface area contributed by atoms with Crippen LogP contribution in [0.5, 0.6) is 0 Å². The zero-order valence-electron chi connectivity index (χ0n) is 14.1. The second kappa shape index (κ2) is 7.72. The molecule has 0 spiro atoms. The van der Waals surface area contributed by atoms with Crippen LogP contribution in [0.25, 0.3) is 5.69 Å². The van der Waals surface area contributed by atoms with Gasteiger partial charge in [-0.2, -0.15) is 0 Å². The van der Waals surface area contributed by atoms with Gasteiger partial charge in [0.1, 0.15) is 6.04 Å². The molecule has 24 heavy (non-hydrogen) atoms. The van der Waals surface area contributed by atoms with E-state index in [4.69, 9.17) is 0 Å². The van der Waals surface area contributed by atoms with Gasteiger partial charge in [0.2, 0.25) is 0 Å². The first-order chi connectivity index (χ1) is 11.4. The molecule has 1 atom stereocenters. The van der Waals surface area contributed by atoms with Crippen molar-refractivity contribution in [3.63, 3.8) is 0 Å². The van der Waals surface area contributed by atoms with Crippen molar-refractivity contribution in [2.24, 2.45) is 0 Å². The molecule has 1 aromatic heterocycles. The number of aryl methyl sites for hydroxylation is 1. The maximum Gasteiger partial charge on any atom is 0.326 e. The normalized spacial score (nSPS) is 12.0. The summed E-state index contributed by atoms with van der Waals surface area (Å²) >= 11 is 0. The lowest BCUT2D eigenvalue weighted by atomic mass is 10.1. The Morgan fingerprint density at radius 1 is 1.25 bits per heavy atom. The Morgan fingerprint density at radius 3 is 2.50 bits per heavy atom. The number of carboxylic acids is 1. The van der Waals surface area contributed by atoms with Gasteiger partial charge < -0.3 is 10.4 Å². The number of benzene rings is 1. The average Bonchev–Trinajstić information content (AvgIpc) is 2.93. The lowest BCUT2D eigenvalue weighted by Crippen LogP contribution is -2.41. The molecule has 0 aliphatic heterocycles. The third kappa shape index (κ3) is 3.98. The van der Waals surface area contributed by atoms with Crippen LogP contribution in [-0.4, -0.2) is 38.0 Å². The molecule has 0 fully saturated rings. The lowest BCUT2D eigenvalue weighted by molar-refractivity contribution is -0.139. The van der Waals surface area contributed by atoms with Crippen LogP contribution in [0.2, 0.25) is 0 Å². The Kier molecular flexibility index (Phi) is 5.68. The van der Waals surface area contributed by atoms with Crippen LogP contribution in [0.15, 0.2) is 24.3 Å². The van der Waals surface area contributed by atoms with E-state index in [1.807, 2.05) is 38.1 Å². The Labute approximate surface area is 140 Å². The quantitative estimate of drug-likeness (QED) is 0.811. The smallest absolute Gasteiger partial charge is 0.326 e. The zero-order chi connectivity index (χ0) is 17.7. The number of aromatic nitrogens is 3. The van der Waals surface area contributed by atoms with E-state index in [1.54, 1.807) is 11.6 Å². The van der Waals surface area contributed by atoms with Crippen molar-refractivity contribution in [1.82, 2.24) is 20.3 Å². The van der Waals surface area contributed by atoms with Crippen molar-refractivity contribution in [2.45, 2.75) is 46.1 Å². The number of amides is 1. The van der Waals surface area contributed by atoms with Gasteiger partial charge in [0.05, 0.1) is 11.4 Å². The second-order valence-corrected chi connectivity index (χ2v) is 5.78. The Balaban J connectivity index is 2.18. The molecular weight excluding hydrogens is 308 g/mol. The van der Waals surface area contributed by atoms with Crippen molar-refractivity contribution >= 4 is 11.9 Å². The Morgan fingerprint density at radius 2 is 1.92 bits per heavy atom. The van der Waals surface area contributed by atoms with Gasteiger partial charge in [0.25, 0.3) is 5.91 Å². The fourth-order valence-electron chi connectivity index (χ4n) is 2.36. The molecule has 128 valence electrons. The molecule has 0 radical (unpaired) electrons. The topological polar surface area (TPSA) is 97.1 Å². The molecule has 1 amide bonds. The molecular formula is C17H22N4O3. The minimum atomic E-state index is -1.04. The van der Waals surface area contributed by atoms with Crippen molar-refractivity contribution in [1.29, 1.82) is 0 Å².